The first kappa shape index (κ1) is 15.0. The molecule has 114 valence electrons. The van der Waals surface area contributed by atoms with E-state index in [0.29, 0.717) is 5.02 Å². The number of carbonyl (C=O) groups is 1. The third-order valence-corrected chi connectivity index (χ3v) is 4.28. The number of anilines is 1. The second kappa shape index (κ2) is 5.71. The third-order valence-electron chi connectivity index (χ3n) is 4.03. The van der Waals surface area contributed by atoms with Crippen LogP contribution in [0.25, 0.3) is 0 Å². The third kappa shape index (κ3) is 2.60. The van der Waals surface area contributed by atoms with Gasteiger partial charge in [-0.2, -0.15) is 0 Å². The lowest BCUT2D eigenvalue weighted by molar-refractivity contribution is -0.119. The molecule has 1 aliphatic heterocycles. The summed E-state index contributed by atoms with van der Waals surface area (Å²) < 4.78 is 13.8. The fourth-order valence-electron chi connectivity index (χ4n) is 2.91. The zero-order valence-corrected chi connectivity index (χ0v) is 13.1. The van der Waals surface area contributed by atoms with Crippen LogP contribution in [-0.4, -0.2) is 31.4 Å². The summed E-state index contributed by atoms with van der Waals surface area (Å²) in [7, 11) is 3.59. The first-order chi connectivity index (χ1) is 10.5. The van der Waals surface area contributed by atoms with Gasteiger partial charge in [-0.15, -0.1) is 0 Å². The van der Waals surface area contributed by atoms with Crippen LogP contribution in [0.2, 0.25) is 5.02 Å². The normalized spacial score (nSPS) is 19.0. The molecule has 0 fully saturated rings. The largest absolute Gasteiger partial charge is 0.314 e. The summed E-state index contributed by atoms with van der Waals surface area (Å²) in [5.41, 5.74) is 2.48. The van der Waals surface area contributed by atoms with Crippen LogP contribution in [0.3, 0.4) is 0 Å². The zero-order chi connectivity index (χ0) is 15.9. The van der Waals surface area contributed by atoms with E-state index in [2.05, 4.69) is 0 Å². The van der Waals surface area contributed by atoms with E-state index in [4.69, 9.17) is 11.6 Å². The molecule has 1 unspecified atom stereocenters. The predicted octanol–water partition coefficient (Wildman–Crippen LogP) is 3.48. The molecule has 0 aliphatic carbocycles. The first-order valence-electron chi connectivity index (χ1n) is 6.99. The molecule has 5 heteroatoms. The fourth-order valence-corrected chi connectivity index (χ4v) is 3.04. The topological polar surface area (TPSA) is 23.6 Å². The molecule has 22 heavy (non-hydrogen) atoms. The van der Waals surface area contributed by atoms with Crippen molar-refractivity contribution in [3.63, 3.8) is 0 Å². The second-order valence-electron chi connectivity index (χ2n) is 5.53. The number of amides is 1. The summed E-state index contributed by atoms with van der Waals surface area (Å²) in [6.07, 6.45) is 0. The van der Waals surface area contributed by atoms with E-state index in [1.165, 1.54) is 12.1 Å². The first-order valence-corrected chi connectivity index (χ1v) is 7.37. The lowest BCUT2D eigenvalue weighted by Crippen LogP contribution is -2.34. The minimum absolute atomic E-state index is 0.0215. The Kier molecular flexibility index (Phi) is 3.89. The lowest BCUT2D eigenvalue weighted by Gasteiger charge is -2.26. The maximum Gasteiger partial charge on any atom is 0.240 e. The van der Waals surface area contributed by atoms with Gasteiger partial charge in [-0.05, 0) is 42.9 Å². The number of halogens is 2. The van der Waals surface area contributed by atoms with Gasteiger partial charge >= 0.3 is 0 Å². The fraction of sp³-hybridized carbons (Fsp3) is 0.235. The van der Waals surface area contributed by atoms with Crippen molar-refractivity contribution in [2.45, 2.75) is 6.04 Å². The van der Waals surface area contributed by atoms with Gasteiger partial charge in [0.1, 0.15) is 5.82 Å². The van der Waals surface area contributed by atoms with Crippen molar-refractivity contribution in [3.05, 3.63) is 64.4 Å². The van der Waals surface area contributed by atoms with Crippen LogP contribution in [-0.2, 0) is 4.79 Å². The second-order valence-corrected chi connectivity index (χ2v) is 5.96. The van der Waals surface area contributed by atoms with Crippen molar-refractivity contribution < 1.29 is 9.18 Å². The lowest BCUT2D eigenvalue weighted by atomic mass is 9.96. The summed E-state index contributed by atoms with van der Waals surface area (Å²) in [6.45, 7) is 0.264. The molecule has 1 amide bonds. The predicted molar refractivity (Wildman–Crippen MR) is 85.7 cm³/mol. The van der Waals surface area contributed by atoms with Crippen LogP contribution in [0.15, 0.2) is 42.5 Å². The molecule has 3 nitrogen and oxygen atoms in total. The maximum absolute atomic E-state index is 13.8. The molecule has 0 N–H and O–H groups in total. The Labute approximate surface area is 133 Å². The summed E-state index contributed by atoms with van der Waals surface area (Å²) in [4.78, 5) is 15.8. The quantitative estimate of drug-likeness (QED) is 0.803. The van der Waals surface area contributed by atoms with E-state index in [1.807, 2.05) is 24.1 Å². The van der Waals surface area contributed by atoms with E-state index >= 15 is 0 Å². The number of nitrogens with zero attached hydrogens (tertiary/aromatic N) is 2. The average Bonchev–Trinajstić information content (AvgIpc) is 2.56. The minimum Gasteiger partial charge on any atom is -0.314 e. The molecule has 0 spiro atoms. The number of hydrogen-bond donors (Lipinski definition) is 0. The molecule has 1 heterocycles. The monoisotopic (exact) mass is 318 g/mol. The Balaban J connectivity index is 2.19. The van der Waals surface area contributed by atoms with Crippen molar-refractivity contribution >= 4 is 23.2 Å². The standard InChI is InChI=1S/C17H16ClFN2O/c1-20-10-16(22)21(2)15-8-7-13(19)9-14(15)17(20)11-3-5-12(18)6-4-11/h3-9,17H,10H2,1-2H3. The number of carbonyl (C=O) groups excluding carboxylic acids is 1. The molecule has 0 radical (unpaired) electrons. The van der Waals surface area contributed by atoms with Gasteiger partial charge in [-0.25, -0.2) is 4.39 Å². The van der Waals surface area contributed by atoms with E-state index in [-0.39, 0.29) is 24.3 Å². The van der Waals surface area contributed by atoms with Gasteiger partial charge in [0.25, 0.3) is 0 Å². The van der Waals surface area contributed by atoms with Gasteiger partial charge in [0.2, 0.25) is 5.91 Å². The Morgan fingerprint density at radius 2 is 1.82 bits per heavy atom. The molecule has 0 aromatic heterocycles. The van der Waals surface area contributed by atoms with Crippen LogP contribution in [0, 0.1) is 5.82 Å². The van der Waals surface area contributed by atoms with Crippen LogP contribution in [0.5, 0.6) is 0 Å². The summed E-state index contributed by atoms with van der Waals surface area (Å²) in [6, 6.07) is 11.8. The molecule has 3 rings (SSSR count). The molecular weight excluding hydrogens is 303 g/mol. The highest BCUT2D eigenvalue weighted by molar-refractivity contribution is 6.30. The minimum atomic E-state index is -0.311. The van der Waals surface area contributed by atoms with Crippen molar-refractivity contribution in [2.75, 3.05) is 25.5 Å². The van der Waals surface area contributed by atoms with Crippen molar-refractivity contribution in [2.24, 2.45) is 0 Å². The van der Waals surface area contributed by atoms with Gasteiger partial charge in [-0.1, -0.05) is 23.7 Å². The van der Waals surface area contributed by atoms with Gasteiger partial charge in [0.05, 0.1) is 12.6 Å². The molecule has 1 atom stereocenters. The molecule has 0 bridgehead atoms. The van der Waals surface area contributed by atoms with Gasteiger partial charge < -0.3 is 4.90 Å². The summed E-state index contributed by atoms with van der Waals surface area (Å²) in [5, 5.41) is 0.646. The van der Waals surface area contributed by atoms with Gasteiger partial charge in [0.15, 0.2) is 0 Å². The Hall–Kier alpha value is -1.91. The highest BCUT2D eigenvalue weighted by atomic mass is 35.5. The smallest absolute Gasteiger partial charge is 0.240 e. The number of fused-ring (bicyclic) bond motifs is 1. The number of rotatable bonds is 1. The van der Waals surface area contributed by atoms with Crippen LogP contribution < -0.4 is 4.90 Å². The van der Waals surface area contributed by atoms with Crippen molar-refractivity contribution in [3.8, 4) is 0 Å². The molecule has 1 aliphatic rings. The van der Waals surface area contributed by atoms with Gasteiger partial charge in [0, 0.05) is 23.3 Å². The van der Waals surface area contributed by atoms with Crippen molar-refractivity contribution in [1.82, 2.24) is 4.90 Å². The van der Waals surface area contributed by atoms with E-state index in [9.17, 15) is 9.18 Å². The SMILES string of the molecule is CN1C(=O)CN(C)C(c2ccc(Cl)cc2)c2cc(F)ccc21. The average molecular weight is 319 g/mol. The summed E-state index contributed by atoms with van der Waals surface area (Å²) in [5.74, 6) is -0.333. The number of benzene rings is 2. The Morgan fingerprint density at radius 3 is 2.50 bits per heavy atom. The highest BCUT2D eigenvalue weighted by Gasteiger charge is 2.30. The highest BCUT2D eigenvalue weighted by Crippen LogP contribution is 2.37. The van der Waals surface area contributed by atoms with Gasteiger partial charge in [-0.3, -0.25) is 9.69 Å². The molecule has 2 aromatic rings. The molecule has 0 saturated heterocycles. The Morgan fingerprint density at radius 1 is 1.14 bits per heavy atom. The van der Waals surface area contributed by atoms with Crippen LogP contribution in [0.4, 0.5) is 10.1 Å². The number of hydrogen-bond acceptors (Lipinski definition) is 2. The maximum atomic E-state index is 13.8. The molecule has 2 aromatic carbocycles. The Bertz CT molecular complexity index is 717. The van der Waals surface area contributed by atoms with Crippen LogP contribution >= 0.6 is 11.6 Å². The molecular formula is C17H16ClFN2O. The van der Waals surface area contributed by atoms with E-state index < -0.39 is 0 Å². The van der Waals surface area contributed by atoms with Crippen LogP contribution in [0.1, 0.15) is 17.2 Å². The zero-order valence-electron chi connectivity index (χ0n) is 12.4. The van der Waals surface area contributed by atoms with Crippen molar-refractivity contribution in [1.29, 1.82) is 0 Å². The summed E-state index contributed by atoms with van der Waals surface area (Å²) >= 11 is 5.96. The number of likely N-dealkylation sites (N-methyl/N-ethyl adjacent to an activating group) is 2. The van der Waals surface area contributed by atoms with E-state index in [0.717, 1.165) is 16.8 Å². The molecule has 0 saturated carbocycles. The van der Waals surface area contributed by atoms with E-state index in [1.54, 1.807) is 30.1 Å².